The number of aromatic nitrogens is 2. The number of aliphatic hydroxyl groups excluding tert-OH is 1. The Labute approximate surface area is 119 Å². The lowest BCUT2D eigenvalue weighted by Crippen LogP contribution is -1.98. The van der Waals surface area contributed by atoms with Crippen LogP contribution in [0, 0.1) is 0 Å². The number of rotatable bonds is 6. The van der Waals surface area contributed by atoms with Gasteiger partial charge in [0.25, 0.3) is 0 Å². The maximum Gasteiger partial charge on any atom is 0.226 e. The Morgan fingerprint density at radius 1 is 1.42 bits per heavy atom. The van der Waals surface area contributed by atoms with Crippen molar-refractivity contribution in [1.29, 1.82) is 0 Å². The Morgan fingerprint density at radius 2 is 2.26 bits per heavy atom. The highest BCUT2D eigenvalue weighted by Crippen LogP contribution is 2.23. The monoisotopic (exact) mass is 326 g/mol. The molecular weight excluding hydrogens is 312 g/mol. The van der Waals surface area contributed by atoms with E-state index in [1.807, 2.05) is 12.1 Å². The van der Waals surface area contributed by atoms with Crippen molar-refractivity contribution >= 4 is 15.9 Å². The summed E-state index contributed by atoms with van der Waals surface area (Å²) in [5, 5.41) is 13.0. The lowest BCUT2D eigenvalue weighted by Gasteiger charge is -2.06. The summed E-state index contributed by atoms with van der Waals surface area (Å²) in [4.78, 5) is 4.21. The highest BCUT2D eigenvalue weighted by Gasteiger charge is 2.07. The zero-order chi connectivity index (χ0) is 13.7. The average molecular weight is 327 g/mol. The Bertz CT molecular complexity index is 542. The molecule has 0 spiro atoms. The third kappa shape index (κ3) is 3.78. The Balaban J connectivity index is 1.97. The van der Waals surface area contributed by atoms with E-state index in [0.717, 1.165) is 22.9 Å². The van der Waals surface area contributed by atoms with Gasteiger partial charge in [-0.05, 0) is 30.2 Å². The second kappa shape index (κ2) is 6.68. The minimum absolute atomic E-state index is 0.0410. The summed E-state index contributed by atoms with van der Waals surface area (Å²) in [7, 11) is 0. The first-order valence-electron chi connectivity index (χ1n) is 6.06. The standard InChI is InChI=1S/C13H15BrN2O3/c1-2-3-13-15-12(16-19-13)8-18-10-4-5-11(14)9(6-10)7-17/h4-6,17H,2-3,7-8H2,1H3. The van der Waals surface area contributed by atoms with Gasteiger partial charge in [-0.25, -0.2) is 0 Å². The van der Waals surface area contributed by atoms with Gasteiger partial charge >= 0.3 is 0 Å². The fourth-order valence-corrected chi connectivity index (χ4v) is 1.95. The van der Waals surface area contributed by atoms with Gasteiger partial charge in [0.15, 0.2) is 6.61 Å². The lowest BCUT2D eigenvalue weighted by atomic mass is 10.2. The number of halogens is 1. The van der Waals surface area contributed by atoms with E-state index in [-0.39, 0.29) is 13.2 Å². The molecule has 19 heavy (non-hydrogen) atoms. The maximum absolute atomic E-state index is 9.17. The molecule has 6 heteroatoms. The van der Waals surface area contributed by atoms with Crippen LogP contribution >= 0.6 is 15.9 Å². The Kier molecular flexibility index (Phi) is 4.93. The highest BCUT2D eigenvalue weighted by molar-refractivity contribution is 9.10. The van der Waals surface area contributed by atoms with Crippen molar-refractivity contribution in [2.45, 2.75) is 33.0 Å². The second-order valence-corrected chi connectivity index (χ2v) is 4.91. The molecule has 0 radical (unpaired) electrons. The van der Waals surface area contributed by atoms with Gasteiger partial charge in [0.05, 0.1) is 6.61 Å². The minimum Gasteiger partial charge on any atom is -0.485 e. The number of ether oxygens (including phenoxy) is 1. The molecule has 1 N–H and O–H groups in total. The Hall–Kier alpha value is -1.40. The van der Waals surface area contributed by atoms with Crippen molar-refractivity contribution in [2.75, 3.05) is 0 Å². The van der Waals surface area contributed by atoms with Crippen molar-refractivity contribution in [3.8, 4) is 5.75 Å². The molecule has 0 bridgehead atoms. The number of aliphatic hydroxyl groups is 1. The number of aryl methyl sites for hydroxylation is 1. The first kappa shape index (κ1) is 14.0. The van der Waals surface area contributed by atoms with Crippen LogP contribution in [0.4, 0.5) is 0 Å². The average Bonchev–Trinajstić information content (AvgIpc) is 2.86. The van der Waals surface area contributed by atoms with Gasteiger partial charge in [-0.15, -0.1) is 0 Å². The van der Waals surface area contributed by atoms with Crippen molar-refractivity contribution in [3.05, 3.63) is 40.0 Å². The normalized spacial score (nSPS) is 10.7. The van der Waals surface area contributed by atoms with Crippen LogP contribution in [0.25, 0.3) is 0 Å². The molecule has 0 fully saturated rings. The molecule has 0 saturated carbocycles. The molecule has 0 aliphatic carbocycles. The zero-order valence-electron chi connectivity index (χ0n) is 10.6. The number of hydrogen-bond acceptors (Lipinski definition) is 5. The fraction of sp³-hybridized carbons (Fsp3) is 0.385. The van der Waals surface area contributed by atoms with Crippen LogP contribution in [0.1, 0.15) is 30.6 Å². The molecule has 102 valence electrons. The topological polar surface area (TPSA) is 68.4 Å². The largest absolute Gasteiger partial charge is 0.485 e. The van der Waals surface area contributed by atoms with Crippen LogP contribution in [-0.2, 0) is 19.6 Å². The second-order valence-electron chi connectivity index (χ2n) is 4.05. The smallest absolute Gasteiger partial charge is 0.226 e. The Morgan fingerprint density at radius 3 is 3.00 bits per heavy atom. The summed E-state index contributed by atoms with van der Waals surface area (Å²) >= 11 is 3.35. The van der Waals surface area contributed by atoms with E-state index < -0.39 is 0 Å². The van der Waals surface area contributed by atoms with Gasteiger partial charge in [-0.2, -0.15) is 4.98 Å². The third-order valence-corrected chi connectivity index (χ3v) is 3.30. The molecule has 1 aromatic carbocycles. The van der Waals surface area contributed by atoms with Gasteiger partial charge in [0.2, 0.25) is 11.7 Å². The van der Waals surface area contributed by atoms with Crippen LogP contribution in [0.2, 0.25) is 0 Å². The third-order valence-electron chi connectivity index (χ3n) is 2.53. The van der Waals surface area contributed by atoms with Gasteiger partial charge < -0.3 is 14.4 Å². The van der Waals surface area contributed by atoms with Crippen molar-refractivity contribution < 1.29 is 14.4 Å². The molecule has 5 nitrogen and oxygen atoms in total. The summed E-state index contributed by atoms with van der Waals surface area (Å²) in [5.41, 5.74) is 0.775. The van der Waals surface area contributed by atoms with Crippen LogP contribution in [-0.4, -0.2) is 15.2 Å². The fourth-order valence-electron chi connectivity index (χ4n) is 1.57. The van der Waals surface area contributed by atoms with E-state index in [2.05, 4.69) is 33.0 Å². The van der Waals surface area contributed by atoms with E-state index in [0.29, 0.717) is 17.5 Å². The predicted octanol–water partition coefficient (Wildman–Crippen LogP) is 2.86. The van der Waals surface area contributed by atoms with E-state index in [9.17, 15) is 0 Å². The van der Waals surface area contributed by atoms with E-state index in [4.69, 9.17) is 14.4 Å². The van der Waals surface area contributed by atoms with E-state index in [1.54, 1.807) is 6.07 Å². The van der Waals surface area contributed by atoms with Crippen LogP contribution in [0.5, 0.6) is 5.75 Å². The van der Waals surface area contributed by atoms with Crippen molar-refractivity contribution in [1.82, 2.24) is 10.1 Å². The van der Waals surface area contributed by atoms with Gasteiger partial charge in [-0.1, -0.05) is 28.0 Å². The summed E-state index contributed by atoms with van der Waals surface area (Å²) in [6, 6.07) is 5.42. The molecule has 0 aliphatic heterocycles. The van der Waals surface area contributed by atoms with Crippen molar-refractivity contribution in [3.63, 3.8) is 0 Å². The number of hydrogen-bond donors (Lipinski definition) is 1. The molecule has 0 saturated heterocycles. The van der Waals surface area contributed by atoms with Crippen molar-refractivity contribution in [2.24, 2.45) is 0 Å². The minimum atomic E-state index is -0.0410. The molecular formula is C13H15BrN2O3. The lowest BCUT2D eigenvalue weighted by molar-refractivity contribution is 0.273. The first-order chi connectivity index (χ1) is 9.22. The van der Waals surface area contributed by atoms with Gasteiger partial charge in [0, 0.05) is 10.9 Å². The van der Waals surface area contributed by atoms with Crippen LogP contribution in [0.15, 0.2) is 27.2 Å². The number of nitrogens with zero attached hydrogens (tertiary/aromatic N) is 2. The SMILES string of the molecule is CCCc1nc(COc2ccc(Br)c(CO)c2)no1. The number of benzene rings is 1. The van der Waals surface area contributed by atoms with E-state index >= 15 is 0 Å². The molecule has 1 aromatic heterocycles. The van der Waals surface area contributed by atoms with Crippen LogP contribution in [0.3, 0.4) is 0 Å². The first-order valence-corrected chi connectivity index (χ1v) is 6.85. The summed E-state index contributed by atoms with van der Waals surface area (Å²) in [6.07, 6.45) is 1.75. The molecule has 0 unspecified atom stereocenters. The quantitative estimate of drug-likeness (QED) is 0.883. The van der Waals surface area contributed by atoms with Gasteiger partial charge in [0.1, 0.15) is 5.75 Å². The van der Waals surface area contributed by atoms with E-state index in [1.165, 1.54) is 0 Å². The van der Waals surface area contributed by atoms with Crippen LogP contribution < -0.4 is 4.74 Å². The molecule has 1 heterocycles. The molecule has 2 aromatic rings. The highest BCUT2D eigenvalue weighted by atomic mass is 79.9. The summed E-state index contributed by atoms with van der Waals surface area (Å²) < 4.78 is 11.5. The molecule has 2 rings (SSSR count). The predicted molar refractivity (Wildman–Crippen MR) is 72.7 cm³/mol. The molecule has 0 aliphatic rings. The molecule has 0 atom stereocenters. The summed E-state index contributed by atoms with van der Waals surface area (Å²) in [5.74, 6) is 1.82. The zero-order valence-corrected chi connectivity index (χ0v) is 12.2. The summed E-state index contributed by atoms with van der Waals surface area (Å²) in [6.45, 7) is 2.26. The van der Waals surface area contributed by atoms with Gasteiger partial charge in [-0.3, -0.25) is 0 Å². The maximum atomic E-state index is 9.17. The molecule has 0 amide bonds.